The number of aromatic nitrogens is 1. The van der Waals surface area contributed by atoms with Gasteiger partial charge in [-0.15, -0.1) is 0 Å². The molecule has 6 rings (SSSR count). The number of ether oxygens (including phenoxy) is 1. The first kappa shape index (κ1) is 21.1. The summed E-state index contributed by atoms with van der Waals surface area (Å²) in [7, 11) is 1.64. The van der Waals surface area contributed by atoms with Crippen molar-refractivity contribution in [3.8, 4) is 5.75 Å². The van der Waals surface area contributed by atoms with Gasteiger partial charge in [-0.3, -0.25) is 9.36 Å². The van der Waals surface area contributed by atoms with E-state index in [-0.39, 0.29) is 11.6 Å². The van der Waals surface area contributed by atoms with E-state index < -0.39 is 0 Å². The van der Waals surface area contributed by atoms with E-state index in [4.69, 9.17) is 21.3 Å². The minimum Gasteiger partial charge on any atom is -0.497 e. The molecule has 1 unspecified atom stereocenters. The van der Waals surface area contributed by atoms with E-state index in [1.165, 1.54) is 22.5 Å². The van der Waals surface area contributed by atoms with Crippen molar-refractivity contribution in [2.75, 3.05) is 7.11 Å². The largest absolute Gasteiger partial charge is 0.497 e. The van der Waals surface area contributed by atoms with Crippen LogP contribution >= 0.6 is 22.9 Å². The molecular weight excluding hydrogens is 464 g/mol. The Hall–Kier alpha value is -3.41. The quantitative estimate of drug-likeness (QED) is 0.411. The molecule has 2 aliphatic rings. The first-order valence-electron chi connectivity index (χ1n) is 11.1. The van der Waals surface area contributed by atoms with Gasteiger partial charge in [-0.25, -0.2) is 4.99 Å². The van der Waals surface area contributed by atoms with Crippen LogP contribution in [-0.4, -0.2) is 11.7 Å². The summed E-state index contributed by atoms with van der Waals surface area (Å²) in [5.74, 6) is 0.785. The smallest absolute Gasteiger partial charge is 0.271 e. The van der Waals surface area contributed by atoms with Crippen molar-refractivity contribution < 1.29 is 4.74 Å². The predicted molar refractivity (Wildman–Crippen MR) is 137 cm³/mol. The summed E-state index contributed by atoms with van der Waals surface area (Å²) >= 11 is 7.63. The van der Waals surface area contributed by atoms with Gasteiger partial charge in [0, 0.05) is 10.6 Å². The lowest BCUT2D eigenvalue weighted by Crippen LogP contribution is -2.38. The zero-order valence-electron chi connectivity index (χ0n) is 18.5. The number of rotatable bonds is 3. The highest BCUT2D eigenvalue weighted by Gasteiger charge is 2.32. The molecule has 1 aromatic heterocycles. The van der Waals surface area contributed by atoms with E-state index in [1.807, 2.05) is 59.2 Å². The Morgan fingerprint density at radius 2 is 1.79 bits per heavy atom. The number of hydrogen-bond donors (Lipinski definition) is 0. The van der Waals surface area contributed by atoms with Gasteiger partial charge in [0.2, 0.25) is 0 Å². The van der Waals surface area contributed by atoms with Crippen molar-refractivity contribution >= 4 is 34.7 Å². The summed E-state index contributed by atoms with van der Waals surface area (Å²) in [5.41, 5.74) is 6.62. The Balaban J connectivity index is 1.59. The van der Waals surface area contributed by atoms with E-state index >= 15 is 0 Å². The van der Waals surface area contributed by atoms with Crippen LogP contribution in [0.3, 0.4) is 0 Å². The van der Waals surface area contributed by atoms with Crippen molar-refractivity contribution in [3.05, 3.63) is 125 Å². The molecule has 4 aromatic rings. The molecule has 0 N–H and O–H groups in total. The number of methoxy groups -OCH3 is 1. The highest BCUT2D eigenvalue weighted by molar-refractivity contribution is 7.07. The Labute approximate surface area is 205 Å². The number of allylic oxidation sites excluding steroid dienone is 1. The maximum absolute atomic E-state index is 13.7. The summed E-state index contributed by atoms with van der Waals surface area (Å²) in [4.78, 5) is 19.5. The van der Waals surface area contributed by atoms with Crippen molar-refractivity contribution in [2.24, 2.45) is 4.99 Å². The fraction of sp³-hybridized carbons (Fsp3) is 0.143. The molecule has 34 heavy (non-hydrogen) atoms. The van der Waals surface area contributed by atoms with E-state index in [2.05, 4.69) is 24.3 Å². The Bertz CT molecular complexity index is 1610. The molecule has 168 valence electrons. The summed E-state index contributed by atoms with van der Waals surface area (Å²) in [6.07, 6.45) is 3.73. The molecule has 0 saturated carbocycles. The second kappa shape index (κ2) is 8.42. The minimum absolute atomic E-state index is 0.0232. The average Bonchev–Trinajstić information content (AvgIpc) is 3.18. The maximum atomic E-state index is 13.7. The van der Waals surface area contributed by atoms with Crippen molar-refractivity contribution in [1.82, 2.24) is 4.57 Å². The van der Waals surface area contributed by atoms with Crippen molar-refractivity contribution in [2.45, 2.75) is 18.9 Å². The third-order valence-corrected chi connectivity index (χ3v) is 7.71. The van der Waals surface area contributed by atoms with Crippen LogP contribution in [0.1, 0.15) is 34.7 Å². The zero-order valence-corrected chi connectivity index (χ0v) is 20.1. The maximum Gasteiger partial charge on any atom is 0.271 e. The number of hydrogen-bond acceptors (Lipinski definition) is 4. The standard InChI is InChI=1S/C28H21ClN2O2S/c1-33-21-13-6-17(7-14-21)16-24-27(32)31-26(19-8-11-20(29)12-9-19)23-15-10-18-4-2-3-5-22(18)25(23)30-28(31)34-24/h2-9,11-14,16,26H,10,15H2,1H3. The molecule has 1 aliphatic carbocycles. The van der Waals surface area contributed by atoms with Gasteiger partial charge in [0.25, 0.3) is 5.56 Å². The van der Waals surface area contributed by atoms with Crippen LogP contribution in [0.15, 0.2) is 88.2 Å². The number of halogens is 1. The van der Waals surface area contributed by atoms with E-state index in [0.717, 1.165) is 45.8 Å². The Morgan fingerprint density at radius 3 is 2.56 bits per heavy atom. The summed E-state index contributed by atoms with van der Waals surface area (Å²) in [6.45, 7) is 0. The van der Waals surface area contributed by atoms with Gasteiger partial charge >= 0.3 is 0 Å². The summed E-state index contributed by atoms with van der Waals surface area (Å²) in [5, 5.41) is 0.679. The topological polar surface area (TPSA) is 43.6 Å². The number of fused-ring (bicyclic) bond motifs is 3. The number of thiazole rings is 1. The number of nitrogens with zero attached hydrogens (tertiary/aromatic N) is 2. The zero-order chi connectivity index (χ0) is 23.2. The van der Waals surface area contributed by atoms with Gasteiger partial charge < -0.3 is 4.74 Å². The molecular formula is C28H21ClN2O2S. The molecule has 1 aliphatic heterocycles. The lowest BCUT2D eigenvalue weighted by molar-refractivity contribution is 0.415. The van der Waals surface area contributed by atoms with E-state index in [1.54, 1.807) is 7.11 Å². The molecule has 6 heteroatoms. The molecule has 0 amide bonds. The van der Waals surface area contributed by atoms with E-state index in [9.17, 15) is 4.79 Å². The molecule has 4 nitrogen and oxygen atoms in total. The predicted octanol–water partition coefficient (Wildman–Crippen LogP) is 4.98. The molecule has 0 saturated heterocycles. The SMILES string of the molecule is COc1ccc(C=c2sc3n(c2=O)C(c2ccc(Cl)cc2)C2=C(N=3)c3ccccc3CC2)cc1. The number of aryl methyl sites for hydroxylation is 1. The molecule has 2 heterocycles. The van der Waals surface area contributed by atoms with Gasteiger partial charge in [0.05, 0.1) is 23.4 Å². The highest BCUT2D eigenvalue weighted by Crippen LogP contribution is 2.41. The molecule has 0 radical (unpaired) electrons. The van der Waals surface area contributed by atoms with E-state index in [0.29, 0.717) is 9.55 Å². The van der Waals surface area contributed by atoms with Crippen LogP contribution in [0, 0.1) is 0 Å². The minimum atomic E-state index is -0.199. The van der Waals surface area contributed by atoms with Gasteiger partial charge in [-0.05, 0) is 65.4 Å². The van der Waals surface area contributed by atoms with Crippen LogP contribution < -0.4 is 19.6 Å². The Kier molecular flexibility index (Phi) is 5.24. The van der Waals surface area contributed by atoms with Gasteiger partial charge in [-0.1, -0.05) is 71.5 Å². The summed E-state index contributed by atoms with van der Waals surface area (Å²) < 4.78 is 7.78. The second-order valence-corrected chi connectivity index (χ2v) is 9.88. The average molecular weight is 485 g/mol. The first-order chi connectivity index (χ1) is 16.6. The molecule has 0 bridgehead atoms. The third-order valence-electron chi connectivity index (χ3n) is 6.47. The van der Waals surface area contributed by atoms with Gasteiger partial charge in [0.1, 0.15) is 5.75 Å². The lowest BCUT2D eigenvalue weighted by atomic mass is 9.83. The van der Waals surface area contributed by atoms with Crippen LogP contribution in [0.2, 0.25) is 5.02 Å². The fourth-order valence-corrected chi connectivity index (χ4v) is 5.95. The van der Waals surface area contributed by atoms with Crippen molar-refractivity contribution in [1.29, 1.82) is 0 Å². The van der Waals surface area contributed by atoms with Crippen LogP contribution in [0.4, 0.5) is 0 Å². The third kappa shape index (κ3) is 3.52. The van der Waals surface area contributed by atoms with Crippen LogP contribution in [0.25, 0.3) is 11.8 Å². The van der Waals surface area contributed by atoms with Gasteiger partial charge in [0.15, 0.2) is 4.80 Å². The Morgan fingerprint density at radius 1 is 1.03 bits per heavy atom. The molecule has 3 aromatic carbocycles. The first-order valence-corrected chi connectivity index (χ1v) is 12.3. The van der Waals surface area contributed by atoms with Crippen LogP contribution in [0.5, 0.6) is 5.75 Å². The van der Waals surface area contributed by atoms with Crippen LogP contribution in [-0.2, 0) is 6.42 Å². The van der Waals surface area contributed by atoms with Crippen molar-refractivity contribution in [3.63, 3.8) is 0 Å². The normalized spacial score (nSPS) is 17.0. The second-order valence-electron chi connectivity index (χ2n) is 8.44. The van der Waals surface area contributed by atoms with Gasteiger partial charge in [-0.2, -0.15) is 0 Å². The highest BCUT2D eigenvalue weighted by atomic mass is 35.5. The molecule has 0 fully saturated rings. The fourth-order valence-electron chi connectivity index (χ4n) is 4.82. The molecule has 1 atom stereocenters. The lowest BCUT2D eigenvalue weighted by Gasteiger charge is -2.30. The number of benzene rings is 3. The monoisotopic (exact) mass is 484 g/mol. The summed E-state index contributed by atoms with van der Waals surface area (Å²) in [6, 6.07) is 23.8. The molecule has 0 spiro atoms.